The standard InChI is InChI=1S/C21H42N4O2/c1-3-22-21(24-11-6-15-26-17-20-9-16-27-18-20)23-10-4-5-12-25-13-7-19(2)8-14-25/h19-20H,3-18H2,1-2H3,(H2,22,23,24). The van der Waals surface area contributed by atoms with Crippen molar-refractivity contribution < 1.29 is 9.47 Å². The Hall–Kier alpha value is -0.850. The fraction of sp³-hybridized carbons (Fsp3) is 0.952. The summed E-state index contributed by atoms with van der Waals surface area (Å²) in [5.74, 6) is 2.46. The Morgan fingerprint density at radius 3 is 2.74 bits per heavy atom. The van der Waals surface area contributed by atoms with Gasteiger partial charge in [-0.05, 0) is 71.0 Å². The molecule has 2 fully saturated rings. The quantitative estimate of drug-likeness (QED) is 0.309. The maximum Gasteiger partial charge on any atom is 0.191 e. The first-order valence-corrected chi connectivity index (χ1v) is 11.2. The van der Waals surface area contributed by atoms with E-state index in [4.69, 9.17) is 9.47 Å². The van der Waals surface area contributed by atoms with Gasteiger partial charge in [0.1, 0.15) is 0 Å². The summed E-state index contributed by atoms with van der Waals surface area (Å²) in [6, 6.07) is 0. The predicted molar refractivity (Wildman–Crippen MR) is 112 cm³/mol. The van der Waals surface area contributed by atoms with Crippen molar-refractivity contribution in [2.75, 3.05) is 65.7 Å². The molecule has 6 nitrogen and oxygen atoms in total. The van der Waals surface area contributed by atoms with Gasteiger partial charge in [0.15, 0.2) is 5.96 Å². The van der Waals surface area contributed by atoms with Crippen molar-refractivity contribution >= 4 is 5.96 Å². The molecule has 2 saturated heterocycles. The van der Waals surface area contributed by atoms with Crippen LogP contribution in [0, 0.1) is 11.8 Å². The van der Waals surface area contributed by atoms with Crippen molar-refractivity contribution in [1.29, 1.82) is 0 Å². The Balaban J connectivity index is 1.47. The molecule has 1 unspecified atom stereocenters. The average molecular weight is 383 g/mol. The zero-order chi connectivity index (χ0) is 19.2. The first kappa shape index (κ1) is 22.4. The van der Waals surface area contributed by atoms with Gasteiger partial charge in [-0.3, -0.25) is 4.99 Å². The van der Waals surface area contributed by atoms with Gasteiger partial charge in [0, 0.05) is 38.8 Å². The van der Waals surface area contributed by atoms with E-state index >= 15 is 0 Å². The third-order valence-electron chi connectivity index (χ3n) is 5.51. The molecule has 2 aliphatic heterocycles. The monoisotopic (exact) mass is 382 g/mol. The van der Waals surface area contributed by atoms with Gasteiger partial charge in [-0.1, -0.05) is 6.92 Å². The van der Waals surface area contributed by atoms with Crippen LogP contribution in [0.1, 0.15) is 52.4 Å². The molecule has 2 N–H and O–H groups in total. The van der Waals surface area contributed by atoms with Gasteiger partial charge in [-0.2, -0.15) is 0 Å². The molecular weight excluding hydrogens is 340 g/mol. The summed E-state index contributed by atoms with van der Waals surface area (Å²) in [5.41, 5.74) is 0. The molecule has 27 heavy (non-hydrogen) atoms. The molecule has 0 aromatic heterocycles. The van der Waals surface area contributed by atoms with E-state index in [0.29, 0.717) is 5.92 Å². The van der Waals surface area contributed by atoms with Crippen LogP contribution in [-0.4, -0.2) is 76.6 Å². The molecular formula is C21H42N4O2. The molecule has 2 rings (SSSR count). The summed E-state index contributed by atoms with van der Waals surface area (Å²) in [5, 5.41) is 6.80. The molecule has 2 aliphatic rings. The fourth-order valence-corrected chi connectivity index (χ4v) is 3.62. The van der Waals surface area contributed by atoms with Crippen LogP contribution in [0.15, 0.2) is 4.99 Å². The Morgan fingerprint density at radius 2 is 2.00 bits per heavy atom. The van der Waals surface area contributed by atoms with E-state index in [9.17, 15) is 0 Å². The van der Waals surface area contributed by atoms with E-state index in [0.717, 1.165) is 70.8 Å². The lowest BCUT2D eigenvalue weighted by atomic mass is 9.99. The van der Waals surface area contributed by atoms with Crippen LogP contribution < -0.4 is 10.6 Å². The summed E-state index contributed by atoms with van der Waals surface area (Å²) in [4.78, 5) is 7.28. The van der Waals surface area contributed by atoms with E-state index in [1.54, 1.807) is 0 Å². The third kappa shape index (κ3) is 10.3. The molecule has 0 aromatic carbocycles. The van der Waals surface area contributed by atoms with Crippen molar-refractivity contribution in [3.63, 3.8) is 0 Å². The second-order valence-electron chi connectivity index (χ2n) is 8.08. The third-order valence-corrected chi connectivity index (χ3v) is 5.51. The van der Waals surface area contributed by atoms with Crippen LogP contribution in [0.3, 0.4) is 0 Å². The summed E-state index contributed by atoms with van der Waals surface area (Å²) < 4.78 is 11.1. The van der Waals surface area contributed by atoms with Gasteiger partial charge in [0.2, 0.25) is 0 Å². The number of rotatable bonds is 12. The molecule has 6 heteroatoms. The van der Waals surface area contributed by atoms with Crippen molar-refractivity contribution in [3.8, 4) is 0 Å². The number of aliphatic imine (C=N–C) groups is 1. The number of hydrogen-bond acceptors (Lipinski definition) is 4. The van der Waals surface area contributed by atoms with E-state index < -0.39 is 0 Å². The summed E-state index contributed by atoms with van der Waals surface area (Å²) in [7, 11) is 0. The zero-order valence-corrected chi connectivity index (χ0v) is 17.7. The highest BCUT2D eigenvalue weighted by Gasteiger charge is 2.15. The summed E-state index contributed by atoms with van der Waals surface area (Å²) >= 11 is 0. The number of nitrogens with one attached hydrogen (secondary N) is 2. The van der Waals surface area contributed by atoms with Crippen LogP contribution in [0.2, 0.25) is 0 Å². The van der Waals surface area contributed by atoms with Crippen LogP contribution >= 0.6 is 0 Å². The zero-order valence-electron chi connectivity index (χ0n) is 17.7. The van der Waals surface area contributed by atoms with Gasteiger partial charge in [0.25, 0.3) is 0 Å². The summed E-state index contributed by atoms with van der Waals surface area (Å²) in [6.07, 6.45) is 7.31. The van der Waals surface area contributed by atoms with Crippen LogP contribution in [0.4, 0.5) is 0 Å². The summed E-state index contributed by atoms with van der Waals surface area (Å²) in [6.45, 7) is 14.4. The van der Waals surface area contributed by atoms with Crippen molar-refractivity contribution in [3.05, 3.63) is 0 Å². The number of unbranched alkanes of at least 4 members (excludes halogenated alkanes) is 1. The molecule has 0 radical (unpaired) electrons. The lowest BCUT2D eigenvalue weighted by molar-refractivity contribution is 0.0893. The molecule has 158 valence electrons. The SMILES string of the molecule is CCNC(=NCCCOCC1CCOC1)NCCCCN1CCC(C)CC1. The van der Waals surface area contributed by atoms with Crippen LogP contribution in [0.25, 0.3) is 0 Å². The highest BCUT2D eigenvalue weighted by Crippen LogP contribution is 2.16. The molecule has 1 atom stereocenters. The Bertz CT molecular complexity index is 392. The minimum Gasteiger partial charge on any atom is -0.381 e. The van der Waals surface area contributed by atoms with Gasteiger partial charge in [-0.15, -0.1) is 0 Å². The molecule has 0 saturated carbocycles. The Labute approximate surface area is 166 Å². The highest BCUT2D eigenvalue weighted by molar-refractivity contribution is 5.79. The average Bonchev–Trinajstić information content (AvgIpc) is 3.19. The fourth-order valence-electron chi connectivity index (χ4n) is 3.62. The minimum atomic E-state index is 0.598. The number of likely N-dealkylation sites (tertiary alicyclic amines) is 1. The van der Waals surface area contributed by atoms with E-state index in [1.807, 2.05) is 0 Å². The molecule has 0 aliphatic carbocycles. The van der Waals surface area contributed by atoms with E-state index in [-0.39, 0.29) is 0 Å². The number of ether oxygens (including phenoxy) is 2. The van der Waals surface area contributed by atoms with E-state index in [1.165, 1.54) is 45.3 Å². The lowest BCUT2D eigenvalue weighted by Crippen LogP contribution is -2.38. The van der Waals surface area contributed by atoms with Crippen LogP contribution in [-0.2, 0) is 9.47 Å². The molecule has 0 bridgehead atoms. The second kappa shape index (κ2) is 14.2. The Morgan fingerprint density at radius 1 is 1.15 bits per heavy atom. The Kier molecular flexibility index (Phi) is 11.8. The predicted octanol–water partition coefficient (Wildman–Crippen LogP) is 2.50. The number of piperidine rings is 1. The van der Waals surface area contributed by atoms with Gasteiger partial charge < -0.3 is 25.0 Å². The number of hydrogen-bond donors (Lipinski definition) is 2. The lowest BCUT2D eigenvalue weighted by Gasteiger charge is -2.30. The number of guanidine groups is 1. The molecule has 0 amide bonds. The van der Waals surface area contributed by atoms with E-state index in [2.05, 4.69) is 34.4 Å². The minimum absolute atomic E-state index is 0.598. The topological polar surface area (TPSA) is 58.1 Å². The van der Waals surface area contributed by atoms with Gasteiger partial charge >= 0.3 is 0 Å². The first-order chi connectivity index (χ1) is 13.3. The largest absolute Gasteiger partial charge is 0.381 e. The first-order valence-electron chi connectivity index (χ1n) is 11.2. The normalized spacial score (nSPS) is 22.3. The maximum absolute atomic E-state index is 5.74. The van der Waals surface area contributed by atoms with Gasteiger partial charge in [-0.25, -0.2) is 0 Å². The van der Waals surface area contributed by atoms with Gasteiger partial charge in [0.05, 0.1) is 13.2 Å². The van der Waals surface area contributed by atoms with Crippen molar-refractivity contribution in [1.82, 2.24) is 15.5 Å². The van der Waals surface area contributed by atoms with Crippen LogP contribution in [0.5, 0.6) is 0 Å². The maximum atomic E-state index is 5.74. The highest BCUT2D eigenvalue weighted by atomic mass is 16.5. The van der Waals surface area contributed by atoms with Crippen molar-refractivity contribution in [2.24, 2.45) is 16.8 Å². The second-order valence-corrected chi connectivity index (χ2v) is 8.08. The molecule has 0 spiro atoms. The van der Waals surface area contributed by atoms with Crippen molar-refractivity contribution in [2.45, 2.75) is 52.4 Å². The smallest absolute Gasteiger partial charge is 0.191 e. The number of nitrogens with zero attached hydrogens (tertiary/aromatic N) is 2. The molecule has 0 aromatic rings. The molecule has 2 heterocycles.